The number of rotatable bonds is 4. The van der Waals surface area contributed by atoms with Crippen molar-refractivity contribution in [1.29, 1.82) is 0 Å². The molecule has 2 rings (SSSR count). The van der Waals surface area contributed by atoms with Crippen LogP contribution < -0.4 is 5.32 Å². The van der Waals surface area contributed by atoms with Crippen molar-refractivity contribution >= 4 is 23.2 Å². The van der Waals surface area contributed by atoms with Gasteiger partial charge >= 0.3 is 0 Å². The fourth-order valence-corrected chi connectivity index (χ4v) is 2.36. The van der Waals surface area contributed by atoms with Gasteiger partial charge in [-0.2, -0.15) is 0 Å². The second kappa shape index (κ2) is 5.48. The molecule has 4 heteroatoms. The molecule has 1 aliphatic heterocycles. The third-order valence-electron chi connectivity index (χ3n) is 3.45. The first-order valence-electron chi connectivity index (χ1n) is 6.29. The van der Waals surface area contributed by atoms with Crippen molar-refractivity contribution in [1.82, 2.24) is 10.2 Å². The van der Waals surface area contributed by atoms with Gasteiger partial charge in [0, 0.05) is 0 Å². The molecule has 1 amide bonds. The normalized spacial score (nSPS) is 21.0. The Bertz CT molecular complexity index is 446. The maximum Gasteiger partial charge on any atom is 0.251 e. The lowest BCUT2D eigenvalue weighted by Crippen LogP contribution is -2.35. The third kappa shape index (κ3) is 2.53. The van der Waals surface area contributed by atoms with Gasteiger partial charge in [-0.15, -0.1) is 0 Å². The fraction of sp³-hybridized carbons (Fsp3) is 0.429. The topological polar surface area (TPSA) is 32.3 Å². The molecule has 1 aromatic carbocycles. The summed E-state index contributed by atoms with van der Waals surface area (Å²) in [6.07, 6.45) is 0.963. The van der Waals surface area contributed by atoms with Gasteiger partial charge in [0.15, 0.2) is 5.11 Å². The third-order valence-corrected chi connectivity index (χ3v) is 3.79. The van der Waals surface area contributed by atoms with Crippen molar-refractivity contribution in [3.8, 4) is 0 Å². The van der Waals surface area contributed by atoms with E-state index in [9.17, 15) is 4.79 Å². The molecule has 18 heavy (non-hydrogen) atoms. The summed E-state index contributed by atoms with van der Waals surface area (Å²) in [4.78, 5) is 14.0. The maximum absolute atomic E-state index is 12.3. The molecule has 1 N–H and O–H groups in total. The van der Waals surface area contributed by atoms with Crippen LogP contribution in [0.15, 0.2) is 30.3 Å². The highest BCUT2D eigenvalue weighted by atomic mass is 32.1. The molecule has 1 saturated heterocycles. The van der Waals surface area contributed by atoms with Gasteiger partial charge in [0.2, 0.25) is 0 Å². The van der Waals surface area contributed by atoms with E-state index in [-0.39, 0.29) is 11.9 Å². The van der Waals surface area contributed by atoms with Gasteiger partial charge in [-0.3, -0.25) is 9.69 Å². The van der Waals surface area contributed by atoms with E-state index in [0.717, 1.165) is 12.0 Å². The van der Waals surface area contributed by atoms with E-state index >= 15 is 0 Å². The molecule has 0 unspecified atom stereocenters. The molecular weight excluding hydrogens is 244 g/mol. The molecule has 2 atom stereocenters. The highest BCUT2D eigenvalue weighted by molar-refractivity contribution is 7.80. The summed E-state index contributed by atoms with van der Waals surface area (Å²) in [5.41, 5.74) is 1.10. The average Bonchev–Trinajstić information content (AvgIpc) is 2.67. The second-order valence-corrected chi connectivity index (χ2v) is 5.11. The van der Waals surface area contributed by atoms with Crippen molar-refractivity contribution in [2.24, 2.45) is 5.92 Å². The summed E-state index contributed by atoms with van der Waals surface area (Å²) in [5, 5.41) is 3.68. The zero-order valence-corrected chi connectivity index (χ0v) is 11.5. The van der Waals surface area contributed by atoms with Crippen LogP contribution in [-0.2, 0) is 11.3 Å². The van der Waals surface area contributed by atoms with Gasteiger partial charge in [0.1, 0.15) is 6.04 Å². The zero-order chi connectivity index (χ0) is 13.1. The molecule has 0 saturated carbocycles. The summed E-state index contributed by atoms with van der Waals surface area (Å²) in [6, 6.07) is 9.76. The standard InChI is InChI=1S/C14H18N2OS/c1-3-10(2)12-13(17)16(14(18)15-12)9-11-7-5-4-6-8-11/h4-8,10,12H,3,9H2,1-2H3,(H,15,18)/t10-,12-/m0/s1. The Balaban J connectivity index is 2.10. The SMILES string of the molecule is CC[C@H](C)[C@@H]1NC(=S)N(Cc2ccccc2)C1=O. The number of hydrogen-bond donors (Lipinski definition) is 1. The first-order valence-corrected chi connectivity index (χ1v) is 6.70. The minimum absolute atomic E-state index is 0.0956. The number of amides is 1. The number of nitrogens with zero attached hydrogens (tertiary/aromatic N) is 1. The number of carbonyl (C=O) groups excluding carboxylic acids is 1. The highest BCUT2D eigenvalue weighted by Gasteiger charge is 2.37. The summed E-state index contributed by atoms with van der Waals surface area (Å²) >= 11 is 5.25. The monoisotopic (exact) mass is 262 g/mol. The molecule has 1 aliphatic rings. The predicted molar refractivity (Wildman–Crippen MR) is 76.0 cm³/mol. The second-order valence-electron chi connectivity index (χ2n) is 4.72. The largest absolute Gasteiger partial charge is 0.350 e. The Hall–Kier alpha value is -1.42. The average molecular weight is 262 g/mol. The number of benzene rings is 1. The lowest BCUT2D eigenvalue weighted by Gasteiger charge is -2.16. The Labute approximate surface area is 113 Å². The summed E-state index contributed by atoms with van der Waals surface area (Å²) in [5.74, 6) is 0.398. The van der Waals surface area contributed by atoms with Crippen LogP contribution in [0.2, 0.25) is 0 Å². The molecule has 0 radical (unpaired) electrons. The highest BCUT2D eigenvalue weighted by Crippen LogP contribution is 2.18. The van der Waals surface area contributed by atoms with Crippen LogP contribution in [0.1, 0.15) is 25.8 Å². The van der Waals surface area contributed by atoms with Gasteiger partial charge < -0.3 is 5.32 Å². The van der Waals surface area contributed by atoms with Gasteiger partial charge in [-0.25, -0.2) is 0 Å². The molecule has 96 valence electrons. The van der Waals surface area contributed by atoms with Crippen LogP contribution in [0.25, 0.3) is 0 Å². The van der Waals surface area contributed by atoms with Gasteiger partial charge in [0.05, 0.1) is 6.54 Å². The van der Waals surface area contributed by atoms with E-state index in [1.165, 1.54) is 0 Å². The smallest absolute Gasteiger partial charge is 0.251 e. The molecule has 0 spiro atoms. The molecule has 0 aliphatic carbocycles. The van der Waals surface area contributed by atoms with Gasteiger partial charge in [-0.05, 0) is 23.7 Å². The molecule has 0 aromatic heterocycles. The Morgan fingerprint density at radius 2 is 2.06 bits per heavy atom. The van der Waals surface area contributed by atoms with Crippen LogP contribution in [-0.4, -0.2) is 22.0 Å². The number of thiocarbonyl (C=S) groups is 1. The minimum atomic E-state index is -0.161. The Kier molecular flexibility index (Phi) is 3.97. The summed E-state index contributed by atoms with van der Waals surface area (Å²) < 4.78 is 0. The number of hydrogen-bond acceptors (Lipinski definition) is 2. The van der Waals surface area contributed by atoms with E-state index in [2.05, 4.69) is 19.2 Å². The lowest BCUT2D eigenvalue weighted by molar-refractivity contribution is -0.128. The van der Waals surface area contributed by atoms with Crippen LogP contribution >= 0.6 is 12.2 Å². The van der Waals surface area contributed by atoms with Crippen LogP contribution in [0.3, 0.4) is 0 Å². The molecule has 1 heterocycles. The van der Waals surface area contributed by atoms with E-state index < -0.39 is 0 Å². The lowest BCUT2D eigenvalue weighted by atomic mass is 9.99. The van der Waals surface area contributed by atoms with E-state index in [1.54, 1.807) is 4.90 Å². The van der Waals surface area contributed by atoms with E-state index in [4.69, 9.17) is 12.2 Å². The molecule has 3 nitrogen and oxygen atoms in total. The van der Waals surface area contributed by atoms with Crippen molar-refractivity contribution in [3.05, 3.63) is 35.9 Å². The van der Waals surface area contributed by atoms with Crippen LogP contribution in [0, 0.1) is 5.92 Å². The van der Waals surface area contributed by atoms with Crippen molar-refractivity contribution in [2.75, 3.05) is 0 Å². The van der Waals surface area contributed by atoms with Gasteiger partial charge in [0.25, 0.3) is 5.91 Å². The summed E-state index contributed by atoms with van der Waals surface area (Å²) in [7, 11) is 0. The maximum atomic E-state index is 12.3. The zero-order valence-electron chi connectivity index (χ0n) is 10.7. The molecular formula is C14H18N2OS. The van der Waals surface area contributed by atoms with Gasteiger partial charge in [-0.1, -0.05) is 50.6 Å². The minimum Gasteiger partial charge on any atom is -0.350 e. The Morgan fingerprint density at radius 1 is 1.39 bits per heavy atom. The van der Waals surface area contributed by atoms with Crippen molar-refractivity contribution < 1.29 is 4.79 Å². The summed E-state index contributed by atoms with van der Waals surface area (Å²) in [6.45, 7) is 4.71. The van der Waals surface area contributed by atoms with Crippen LogP contribution in [0.4, 0.5) is 0 Å². The van der Waals surface area contributed by atoms with E-state index in [0.29, 0.717) is 17.6 Å². The molecule has 0 bridgehead atoms. The predicted octanol–water partition coefficient (Wildman–Crippen LogP) is 2.32. The first-order chi connectivity index (χ1) is 8.63. The van der Waals surface area contributed by atoms with Crippen LogP contribution in [0.5, 0.6) is 0 Å². The fourth-order valence-electron chi connectivity index (χ4n) is 2.08. The van der Waals surface area contributed by atoms with E-state index in [1.807, 2.05) is 30.3 Å². The van der Waals surface area contributed by atoms with Crippen molar-refractivity contribution in [3.63, 3.8) is 0 Å². The molecule has 1 fully saturated rings. The molecule has 1 aromatic rings. The number of nitrogens with one attached hydrogen (secondary N) is 1. The van der Waals surface area contributed by atoms with Crippen molar-refractivity contribution in [2.45, 2.75) is 32.9 Å². The first kappa shape index (κ1) is 13.0. The quantitative estimate of drug-likeness (QED) is 0.845. The Morgan fingerprint density at radius 3 is 2.67 bits per heavy atom. The number of carbonyl (C=O) groups is 1.